The number of carbonyl (C=O) groups excluding carboxylic acids is 1. The summed E-state index contributed by atoms with van der Waals surface area (Å²) in [7, 11) is 3.50. The number of nitrogens with one attached hydrogen (secondary N) is 1. The first-order valence-electron chi connectivity index (χ1n) is 6.03. The molecule has 0 unspecified atom stereocenters. The second-order valence-electron chi connectivity index (χ2n) is 4.61. The van der Waals surface area contributed by atoms with Gasteiger partial charge in [0.2, 0.25) is 0 Å². The van der Waals surface area contributed by atoms with Crippen LogP contribution in [0.4, 0.5) is 10.7 Å². The molecule has 6 heteroatoms. The lowest BCUT2D eigenvalue weighted by Crippen LogP contribution is -2.36. The SMILES string of the molecule is COC(=O)c1sc(NC2CCN(C)CC2)cc1N. The zero-order chi connectivity index (χ0) is 13.1. The van der Waals surface area contributed by atoms with Crippen LogP contribution in [0.15, 0.2) is 6.07 Å². The Hall–Kier alpha value is -1.27. The van der Waals surface area contributed by atoms with Crippen molar-refractivity contribution in [1.29, 1.82) is 0 Å². The second-order valence-corrected chi connectivity index (χ2v) is 5.66. The van der Waals surface area contributed by atoms with Crippen molar-refractivity contribution in [1.82, 2.24) is 4.90 Å². The molecule has 0 radical (unpaired) electrons. The lowest BCUT2D eigenvalue weighted by atomic mass is 10.1. The number of hydrogen-bond donors (Lipinski definition) is 2. The third kappa shape index (κ3) is 2.94. The Morgan fingerprint density at radius 2 is 2.22 bits per heavy atom. The Labute approximate surface area is 111 Å². The van der Waals surface area contributed by atoms with Crippen molar-refractivity contribution in [2.75, 3.05) is 38.3 Å². The lowest BCUT2D eigenvalue weighted by molar-refractivity contribution is 0.0607. The topological polar surface area (TPSA) is 67.6 Å². The molecule has 5 nitrogen and oxygen atoms in total. The molecule has 0 atom stereocenters. The van der Waals surface area contributed by atoms with E-state index in [9.17, 15) is 4.79 Å². The van der Waals surface area contributed by atoms with Gasteiger partial charge in [0.1, 0.15) is 4.88 Å². The summed E-state index contributed by atoms with van der Waals surface area (Å²) in [5.41, 5.74) is 6.29. The molecule has 1 aromatic heterocycles. The number of hydrogen-bond acceptors (Lipinski definition) is 6. The van der Waals surface area contributed by atoms with Gasteiger partial charge in [-0.1, -0.05) is 0 Å². The molecule has 1 fully saturated rings. The summed E-state index contributed by atoms with van der Waals surface area (Å²) in [6.07, 6.45) is 2.23. The van der Waals surface area contributed by atoms with Crippen molar-refractivity contribution in [3.05, 3.63) is 10.9 Å². The third-order valence-corrected chi connectivity index (χ3v) is 4.26. The zero-order valence-electron chi connectivity index (χ0n) is 10.7. The first-order chi connectivity index (χ1) is 8.60. The van der Waals surface area contributed by atoms with Crippen LogP contribution in [0.1, 0.15) is 22.5 Å². The Morgan fingerprint density at radius 3 is 2.83 bits per heavy atom. The fourth-order valence-electron chi connectivity index (χ4n) is 2.08. The maximum Gasteiger partial charge on any atom is 0.350 e. The van der Waals surface area contributed by atoms with Gasteiger partial charge in [0.25, 0.3) is 0 Å². The highest BCUT2D eigenvalue weighted by Crippen LogP contribution is 2.31. The van der Waals surface area contributed by atoms with E-state index in [4.69, 9.17) is 10.5 Å². The van der Waals surface area contributed by atoms with E-state index in [1.54, 1.807) is 0 Å². The van der Waals surface area contributed by atoms with Crippen molar-refractivity contribution in [2.45, 2.75) is 18.9 Å². The molecule has 0 spiro atoms. The van der Waals surface area contributed by atoms with Gasteiger partial charge in [-0.2, -0.15) is 0 Å². The van der Waals surface area contributed by atoms with Crippen molar-refractivity contribution in [3.8, 4) is 0 Å². The Bertz CT molecular complexity index is 425. The summed E-state index contributed by atoms with van der Waals surface area (Å²) in [4.78, 5) is 14.3. The molecular weight excluding hydrogens is 250 g/mol. The van der Waals surface area contributed by atoms with E-state index in [2.05, 4.69) is 17.3 Å². The summed E-state index contributed by atoms with van der Waals surface area (Å²) >= 11 is 1.36. The number of thiophene rings is 1. The van der Waals surface area contributed by atoms with Gasteiger partial charge >= 0.3 is 5.97 Å². The van der Waals surface area contributed by atoms with Crippen LogP contribution in [0.25, 0.3) is 0 Å². The summed E-state index contributed by atoms with van der Waals surface area (Å²) in [6.45, 7) is 2.20. The standard InChI is InChI=1S/C12H19N3O2S/c1-15-5-3-8(4-6-15)14-10-7-9(13)11(18-10)12(16)17-2/h7-8,14H,3-6,13H2,1-2H3. The highest BCUT2D eigenvalue weighted by molar-refractivity contribution is 7.18. The van der Waals surface area contributed by atoms with Gasteiger partial charge in [0.15, 0.2) is 0 Å². The number of nitrogens with zero attached hydrogens (tertiary/aromatic N) is 1. The maximum absolute atomic E-state index is 11.5. The molecule has 3 N–H and O–H groups in total. The molecule has 2 rings (SSSR count). The fourth-order valence-corrected chi connectivity index (χ4v) is 3.06. The summed E-state index contributed by atoms with van der Waals surface area (Å²) < 4.78 is 4.69. The molecular formula is C12H19N3O2S. The molecule has 0 aromatic carbocycles. The number of esters is 1. The molecule has 1 aliphatic heterocycles. The van der Waals surface area contributed by atoms with Crippen LogP contribution in [0.3, 0.4) is 0 Å². The monoisotopic (exact) mass is 269 g/mol. The van der Waals surface area contributed by atoms with E-state index in [0.717, 1.165) is 30.9 Å². The highest BCUT2D eigenvalue weighted by atomic mass is 32.1. The van der Waals surface area contributed by atoms with Crippen LogP contribution >= 0.6 is 11.3 Å². The van der Waals surface area contributed by atoms with Gasteiger partial charge in [-0.3, -0.25) is 0 Å². The predicted molar refractivity (Wildman–Crippen MR) is 74.2 cm³/mol. The zero-order valence-corrected chi connectivity index (χ0v) is 11.5. The Morgan fingerprint density at radius 1 is 1.56 bits per heavy atom. The number of anilines is 2. The third-order valence-electron chi connectivity index (χ3n) is 3.20. The van der Waals surface area contributed by atoms with E-state index < -0.39 is 0 Å². The van der Waals surface area contributed by atoms with Crippen LogP contribution in [-0.4, -0.2) is 44.2 Å². The minimum Gasteiger partial charge on any atom is -0.465 e. The number of nitrogen functional groups attached to an aromatic ring is 1. The van der Waals surface area contributed by atoms with Gasteiger partial charge in [0.05, 0.1) is 17.8 Å². The Kier molecular flexibility index (Phi) is 4.08. The number of rotatable bonds is 3. The number of likely N-dealkylation sites (tertiary alicyclic amines) is 1. The number of nitrogens with two attached hydrogens (primary N) is 1. The van der Waals surface area contributed by atoms with Crippen LogP contribution in [0, 0.1) is 0 Å². The van der Waals surface area contributed by atoms with Gasteiger partial charge in [-0.05, 0) is 39.0 Å². The second kappa shape index (κ2) is 5.58. The molecule has 0 aliphatic carbocycles. The number of methoxy groups -OCH3 is 1. The van der Waals surface area contributed by atoms with E-state index in [1.165, 1.54) is 18.4 Å². The lowest BCUT2D eigenvalue weighted by Gasteiger charge is -2.29. The van der Waals surface area contributed by atoms with Gasteiger partial charge in [-0.15, -0.1) is 11.3 Å². The fraction of sp³-hybridized carbons (Fsp3) is 0.583. The largest absolute Gasteiger partial charge is 0.465 e. The molecule has 18 heavy (non-hydrogen) atoms. The van der Waals surface area contributed by atoms with Crippen molar-refractivity contribution < 1.29 is 9.53 Å². The van der Waals surface area contributed by atoms with Crippen molar-refractivity contribution in [2.24, 2.45) is 0 Å². The quantitative estimate of drug-likeness (QED) is 0.816. The summed E-state index contributed by atoms with van der Waals surface area (Å²) in [5.74, 6) is -0.367. The van der Waals surface area contributed by atoms with Crippen LogP contribution in [0.5, 0.6) is 0 Å². The molecule has 1 aromatic rings. The first-order valence-corrected chi connectivity index (χ1v) is 6.84. The smallest absolute Gasteiger partial charge is 0.350 e. The van der Waals surface area contributed by atoms with Gasteiger partial charge in [0, 0.05) is 6.04 Å². The molecule has 0 bridgehead atoms. The molecule has 2 heterocycles. The maximum atomic E-state index is 11.5. The van der Waals surface area contributed by atoms with E-state index in [-0.39, 0.29) is 5.97 Å². The molecule has 0 saturated carbocycles. The highest BCUT2D eigenvalue weighted by Gasteiger charge is 2.19. The predicted octanol–water partition coefficient (Wildman–Crippen LogP) is 1.62. The van der Waals surface area contributed by atoms with Gasteiger partial charge < -0.3 is 20.7 Å². The van der Waals surface area contributed by atoms with Crippen molar-refractivity contribution in [3.63, 3.8) is 0 Å². The van der Waals surface area contributed by atoms with E-state index >= 15 is 0 Å². The van der Waals surface area contributed by atoms with E-state index in [1.807, 2.05) is 6.07 Å². The van der Waals surface area contributed by atoms with Gasteiger partial charge in [-0.25, -0.2) is 4.79 Å². The molecule has 100 valence electrons. The Balaban J connectivity index is 2.00. The normalized spacial score (nSPS) is 17.7. The van der Waals surface area contributed by atoms with Crippen molar-refractivity contribution >= 4 is 28.0 Å². The molecule has 1 saturated heterocycles. The minimum atomic E-state index is -0.367. The number of ether oxygens (including phenoxy) is 1. The minimum absolute atomic E-state index is 0.367. The summed E-state index contributed by atoms with van der Waals surface area (Å²) in [5, 5.41) is 4.39. The van der Waals surface area contributed by atoms with Crippen LogP contribution in [0.2, 0.25) is 0 Å². The van der Waals surface area contributed by atoms with Crippen LogP contribution < -0.4 is 11.1 Å². The van der Waals surface area contributed by atoms with E-state index in [0.29, 0.717) is 16.6 Å². The molecule has 1 aliphatic rings. The average Bonchev–Trinajstić information content (AvgIpc) is 2.72. The first kappa shape index (κ1) is 13.2. The number of carbonyl (C=O) groups is 1. The number of piperidine rings is 1. The van der Waals surface area contributed by atoms with Crippen LogP contribution in [-0.2, 0) is 4.74 Å². The average molecular weight is 269 g/mol. The molecule has 0 amide bonds. The summed E-state index contributed by atoms with van der Waals surface area (Å²) in [6, 6.07) is 2.28.